The lowest BCUT2D eigenvalue weighted by Crippen LogP contribution is -2.40. The zero-order valence-electron chi connectivity index (χ0n) is 12.5. The Labute approximate surface area is 112 Å². The van der Waals surface area contributed by atoms with E-state index in [1.54, 1.807) is 6.08 Å². The van der Waals surface area contributed by atoms with Gasteiger partial charge in [-0.1, -0.05) is 33.3 Å². The Hall–Kier alpha value is -0.613. The number of allylic oxidation sites excluding steroid dienone is 1. The summed E-state index contributed by atoms with van der Waals surface area (Å²) >= 11 is 0. The standard InChI is InChI=1S/C14H28O3Si/c1-14(2,3)18(4,5)17-12-10-8-6-7-9-11-13(15)16/h9,11H,6-8,10,12H2,1-5H3,(H,15,16). The molecule has 0 aliphatic heterocycles. The Bertz CT molecular complexity index is 277. The molecule has 0 bridgehead atoms. The van der Waals surface area contributed by atoms with Gasteiger partial charge in [0.25, 0.3) is 0 Å². The lowest BCUT2D eigenvalue weighted by atomic mass is 10.2. The van der Waals surface area contributed by atoms with Gasteiger partial charge >= 0.3 is 5.97 Å². The van der Waals surface area contributed by atoms with Crippen LogP contribution >= 0.6 is 0 Å². The summed E-state index contributed by atoms with van der Waals surface area (Å²) < 4.78 is 6.07. The summed E-state index contributed by atoms with van der Waals surface area (Å²) in [7, 11) is -1.59. The van der Waals surface area contributed by atoms with Crippen LogP contribution < -0.4 is 0 Å². The van der Waals surface area contributed by atoms with Crippen molar-refractivity contribution < 1.29 is 14.3 Å². The monoisotopic (exact) mass is 272 g/mol. The van der Waals surface area contributed by atoms with Crippen LogP contribution in [0, 0.1) is 0 Å². The summed E-state index contributed by atoms with van der Waals surface area (Å²) in [5.74, 6) is -0.865. The Morgan fingerprint density at radius 2 is 1.83 bits per heavy atom. The maximum atomic E-state index is 10.2. The van der Waals surface area contributed by atoms with Crippen LogP contribution in [0.15, 0.2) is 12.2 Å². The van der Waals surface area contributed by atoms with E-state index in [2.05, 4.69) is 33.9 Å². The number of rotatable bonds is 8. The van der Waals surface area contributed by atoms with Gasteiger partial charge in [0.05, 0.1) is 0 Å². The number of hydrogen-bond donors (Lipinski definition) is 1. The summed E-state index contributed by atoms with van der Waals surface area (Å²) in [6.45, 7) is 12.1. The first-order valence-electron chi connectivity index (χ1n) is 6.70. The first kappa shape index (κ1) is 17.4. The van der Waals surface area contributed by atoms with Crippen molar-refractivity contribution in [3.05, 3.63) is 12.2 Å². The quantitative estimate of drug-likeness (QED) is 0.409. The first-order chi connectivity index (χ1) is 8.17. The summed E-state index contributed by atoms with van der Waals surface area (Å²) in [6.07, 6.45) is 6.96. The number of unbranched alkanes of at least 4 members (excludes halogenated alkanes) is 3. The Morgan fingerprint density at radius 1 is 1.22 bits per heavy atom. The van der Waals surface area contributed by atoms with E-state index in [0.717, 1.165) is 32.3 Å². The molecule has 0 spiro atoms. The van der Waals surface area contributed by atoms with Crippen molar-refractivity contribution in [2.45, 2.75) is 64.6 Å². The molecule has 0 aromatic carbocycles. The van der Waals surface area contributed by atoms with Crippen LogP contribution in [0.3, 0.4) is 0 Å². The smallest absolute Gasteiger partial charge is 0.327 e. The minimum Gasteiger partial charge on any atom is -0.478 e. The Balaban J connectivity index is 3.61. The molecular weight excluding hydrogens is 244 g/mol. The molecule has 0 rings (SSSR count). The maximum absolute atomic E-state index is 10.2. The zero-order valence-corrected chi connectivity index (χ0v) is 13.5. The van der Waals surface area contributed by atoms with Gasteiger partial charge in [-0.25, -0.2) is 4.79 Å². The van der Waals surface area contributed by atoms with Gasteiger partial charge in [0.15, 0.2) is 8.32 Å². The average molecular weight is 272 g/mol. The fourth-order valence-corrected chi connectivity index (χ4v) is 2.36. The third-order valence-corrected chi connectivity index (χ3v) is 8.08. The minimum atomic E-state index is -1.59. The van der Waals surface area contributed by atoms with Crippen molar-refractivity contribution in [2.24, 2.45) is 0 Å². The van der Waals surface area contributed by atoms with Crippen molar-refractivity contribution in [3.8, 4) is 0 Å². The van der Waals surface area contributed by atoms with Crippen LogP contribution in [-0.2, 0) is 9.22 Å². The fourth-order valence-electron chi connectivity index (χ4n) is 1.27. The highest BCUT2D eigenvalue weighted by molar-refractivity contribution is 6.74. The third-order valence-electron chi connectivity index (χ3n) is 3.54. The topological polar surface area (TPSA) is 46.5 Å². The van der Waals surface area contributed by atoms with Crippen LogP contribution in [0.1, 0.15) is 46.5 Å². The average Bonchev–Trinajstić information content (AvgIpc) is 2.19. The van der Waals surface area contributed by atoms with Crippen molar-refractivity contribution in [3.63, 3.8) is 0 Å². The molecule has 0 unspecified atom stereocenters. The Kier molecular flexibility index (Phi) is 7.48. The van der Waals surface area contributed by atoms with Crippen molar-refractivity contribution in [1.82, 2.24) is 0 Å². The molecule has 0 saturated carbocycles. The van der Waals surface area contributed by atoms with Crippen LogP contribution in [0.5, 0.6) is 0 Å². The van der Waals surface area contributed by atoms with E-state index in [-0.39, 0.29) is 5.04 Å². The van der Waals surface area contributed by atoms with Gasteiger partial charge in [-0.15, -0.1) is 0 Å². The van der Waals surface area contributed by atoms with Crippen molar-refractivity contribution in [1.29, 1.82) is 0 Å². The van der Waals surface area contributed by atoms with Crippen molar-refractivity contribution >= 4 is 14.3 Å². The second kappa shape index (κ2) is 7.74. The second-order valence-corrected chi connectivity index (χ2v) is 11.0. The largest absolute Gasteiger partial charge is 0.478 e. The minimum absolute atomic E-state index is 0.275. The molecule has 0 aliphatic rings. The third kappa shape index (κ3) is 7.66. The molecule has 0 atom stereocenters. The molecule has 3 nitrogen and oxygen atoms in total. The molecule has 4 heteroatoms. The number of carbonyl (C=O) groups is 1. The summed E-state index contributed by atoms with van der Waals surface area (Å²) in [5.41, 5.74) is 0. The van der Waals surface area contributed by atoms with Crippen LogP contribution in [0.4, 0.5) is 0 Å². The van der Waals surface area contributed by atoms with E-state index in [0.29, 0.717) is 0 Å². The van der Waals surface area contributed by atoms with Gasteiger partial charge in [0.1, 0.15) is 0 Å². The molecule has 0 aliphatic carbocycles. The predicted molar refractivity (Wildman–Crippen MR) is 78.4 cm³/mol. The molecule has 0 fully saturated rings. The molecule has 18 heavy (non-hydrogen) atoms. The SMILES string of the molecule is CC(C)(C)[Si](C)(C)OCCCCCC=CC(=O)O. The number of carboxylic acids is 1. The molecule has 0 radical (unpaired) electrons. The lowest BCUT2D eigenvalue weighted by molar-refractivity contribution is -0.131. The maximum Gasteiger partial charge on any atom is 0.327 e. The molecule has 0 amide bonds. The van der Waals surface area contributed by atoms with E-state index >= 15 is 0 Å². The molecule has 0 saturated heterocycles. The van der Waals surface area contributed by atoms with Crippen LogP contribution in [-0.4, -0.2) is 26.0 Å². The van der Waals surface area contributed by atoms with Crippen LogP contribution in [0.2, 0.25) is 18.1 Å². The number of hydrogen-bond acceptors (Lipinski definition) is 2. The number of carboxylic acid groups (broad SMARTS) is 1. The molecule has 106 valence electrons. The molecule has 0 aromatic rings. The number of aliphatic carboxylic acids is 1. The highest BCUT2D eigenvalue weighted by atomic mass is 28.4. The summed E-state index contributed by atoms with van der Waals surface area (Å²) in [5, 5.41) is 8.69. The predicted octanol–water partition coefficient (Wildman–Crippen LogP) is 4.21. The van der Waals surface area contributed by atoms with Gasteiger partial charge in [-0.2, -0.15) is 0 Å². The van der Waals surface area contributed by atoms with E-state index in [1.165, 1.54) is 6.08 Å². The Morgan fingerprint density at radius 3 is 2.33 bits per heavy atom. The summed E-state index contributed by atoms with van der Waals surface area (Å²) in [6, 6.07) is 0. The van der Waals surface area contributed by atoms with E-state index in [4.69, 9.17) is 9.53 Å². The van der Waals surface area contributed by atoms with Gasteiger partial charge in [0, 0.05) is 12.7 Å². The summed E-state index contributed by atoms with van der Waals surface area (Å²) in [4.78, 5) is 10.2. The van der Waals surface area contributed by atoms with E-state index < -0.39 is 14.3 Å². The van der Waals surface area contributed by atoms with Crippen molar-refractivity contribution in [2.75, 3.05) is 6.61 Å². The van der Waals surface area contributed by atoms with E-state index in [9.17, 15) is 4.79 Å². The van der Waals surface area contributed by atoms with Gasteiger partial charge in [-0.05, 0) is 37.4 Å². The zero-order chi connectivity index (χ0) is 14.2. The molecular formula is C14H28O3Si. The van der Waals surface area contributed by atoms with Crippen LogP contribution in [0.25, 0.3) is 0 Å². The van der Waals surface area contributed by atoms with Gasteiger partial charge in [-0.3, -0.25) is 0 Å². The lowest BCUT2D eigenvalue weighted by Gasteiger charge is -2.36. The highest BCUT2D eigenvalue weighted by Gasteiger charge is 2.36. The fraction of sp³-hybridized carbons (Fsp3) is 0.786. The van der Waals surface area contributed by atoms with Gasteiger partial charge in [0.2, 0.25) is 0 Å². The molecule has 0 aromatic heterocycles. The first-order valence-corrected chi connectivity index (χ1v) is 9.61. The van der Waals surface area contributed by atoms with Gasteiger partial charge < -0.3 is 9.53 Å². The highest BCUT2D eigenvalue weighted by Crippen LogP contribution is 2.36. The molecule has 1 N–H and O–H groups in total. The normalized spacial score (nSPS) is 13.2. The van der Waals surface area contributed by atoms with E-state index in [1.807, 2.05) is 0 Å². The molecule has 0 heterocycles. The second-order valence-electron chi connectivity index (χ2n) is 6.20.